The zero-order chi connectivity index (χ0) is 36.0. The first-order valence-corrected chi connectivity index (χ1v) is 20.9. The number of rotatable bonds is 14. The quantitative estimate of drug-likeness (QED) is 0.105. The first-order chi connectivity index (χ1) is 24.5. The number of carbonyl (C=O) groups is 1. The summed E-state index contributed by atoms with van der Waals surface area (Å²) in [6.45, 7) is 12.1. The van der Waals surface area contributed by atoms with E-state index in [0.717, 1.165) is 22.3 Å². The molecule has 0 spiro atoms. The fourth-order valence-electron chi connectivity index (χ4n) is 6.65. The summed E-state index contributed by atoms with van der Waals surface area (Å²) in [4.78, 5) is 15.7. The molecule has 1 aliphatic carbocycles. The molecule has 51 heavy (non-hydrogen) atoms. The van der Waals surface area contributed by atoms with Crippen LogP contribution in [0.5, 0.6) is 0 Å². The molecule has 1 heterocycles. The second-order valence-electron chi connectivity index (χ2n) is 15.0. The van der Waals surface area contributed by atoms with Crippen LogP contribution in [0.15, 0.2) is 121 Å². The van der Waals surface area contributed by atoms with E-state index in [1.54, 1.807) is 4.90 Å². The van der Waals surface area contributed by atoms with Crippen LogP contribution in [0, 0.1) is 0 Å². The largest absolute Gasteiger partial charge is 0.448 e. The Labute approximate surface area is 304 Å². The molecule has 268 valence electrons. The summed E-state index contributed by atoms with van der Waals surface area (Å²) in [6.07, 6.45) is 0.909. The van der Waals surface area contributed by atoms with E-state index in [1.165, 1.54) is 11.1 Å². The number of amides is 1. The van der Waals surface area contributed by atoms with Crippen molar-refractivity contribution >= 4 is 14.4 Å². The van der Waals surface area contributed by atoms with Gasteiger partial charge in [-0.3, -0.25) is 4.90 Å². The van der Waals surface area contributed by atoms with Gasteiger partial charge in [-0.2, -0.15) is 0 Å². The standard InChI is InChI=1S/C43H51NO6Si/c1-43(2,3)51(4,5)50-30-39(45)41(48-28-32-19-10-7-11-20-32)40(47-27-31-17-8-6-9-18-31)38-25-16-26-44(38)42(46)49-29-37-35-23-14-12-21-33(35)34-22-13-15-24-36(34)37/h6-25,37-41,45H,26-30H2,1-5H3/t38-,39+,40-,41-/m1/s1. The van der Waals surface area contributed by atoms with Gasteiger partial charge in [0, 0.05) is 12.5 Å². The van der Waals surface area contributed by atoms with E-state index in [1.807, 2.05) is 97.1 Å². The van der Waals surface area contributed by atoms with Gasteiger partial charge in [-0.25, -0.2) is 4.79 Å². The van der Waals surface area contributed by atoms with Crippen LogP contribution in [0.2, 0.25) is 18.1 Å². The van der Waals surface area contributed by atoms with Gasteiger partial charge in [-0.05, 0) is 51.5 Å². The monoisotopic (exact) mass is 705 g/mol. The molecule has 2 aliphatic rings. The Bertz CT molecular complexity index is 1730. The second kappa shape index (κ2) is 16.1. The molecule has 4 aromatic carbocycles. The van der Waals surface area contributed by atoms with Gasteiger partial charge in [-0.1, -0.05) is 142 Å². The van der Waals surface area contributed by atoms with Crippen molar-refractivity contribution in [3.8, 4) is 11.1 Å². The zero-order valence-electron chi connectivity index (χ0n) is 30.4. The van der Waals surface area contributed by atoms with Crippen molar-refractivity contribution in [1.29, 1.82) is 0 Å². The summed E-state index contributed by atoms with van der Waals surface area (Å²) >= 11 is 0. The zero-order valence-corrected chi connectivity index (χ0v) is 31.4. The van der Waals surface area contributed by atoms with Crippen LogP contribution in [-0.2, 0) is 31.9 Å². The van der Waals surface area contributed by atoms with Crippen LogP contribution in [-0.4, -0.2) is 68.5 Å². The lowest BCUT2D eigenvalue weighted by Crippen LogP contribution is -2.55. The summed E-state index contributed by atoms with van der Waals surface area (Å²) < 4.78 is 26.0. The molecular formula is C43H51NO6Si. The van der Waals surface area contributed by atoms with Crippen LogP contribution in [0.1, 0.15) is 48.9 Å². The fourth-order valence-corrected chi connectivity index (χ4v) is 7.67. The van der Waals surface area contributed by atoms with E-state index >= 15 is 0 Å². The number of aliphatic hydroxyl groups is 1. The maximum Gasteiger partial charge on any atom is 0.410 e. The van der Waals surface area contributed by atoms with Gasteiger partial charge >= 0.3 is 6.09 Å². The van der Waals surface area contributed by atoms with Crippen molar-refractivity contribution in [2.45, 2.75) is 82.4 Å². The molecule has 0 fully saturated rings. The van der Waals surface area contributed by atoms with Gasteiger partial charge in [0.05, 0.1) is 25.9 Å². The minimum absolute atomic E-state index is 0.0363. The van der Waals surface area contributed by atoms with E-state index in [4.69, 9.17) is 18.6 Å². The van der Waals surface area contributed by atoms with Crippen molar-refractivity contribution in [1.82, 2.24) is 4.90 Å². The van der Waals surface area contributed by atoms with Crippen LogP contribution in [0.4, 0.5) is 4.79 Å². The topological polar surface area (TPSA) is 77.5 Å². The number of nitrogens with zero attached hydrogens (tertiary/aromatic N) is 1. The molecule has 8 heteroatoms. The minimum atomic E-state index is -2.20. The Morgan fingerprint density at radius 1 is 0.804 bits per heavy atom. The Kier molecular flexibility index (Phi) is 11.6. The van der Waals surface area contributed by atoms with Gasteiger partial charge in [0.2, 0.25) is 0 Å². The molecule has 0 unspecified atom stereocenters. The predicted octanol–water partition coefficient (Wildman–Crippen LogP) is 8.73. The SMILES string of the molecule is CC(C)(C)[Si](C)(C)OC[C@H](O)[C@@H](OCc1ccccc1)[C@H](OCc1ccccc1)[C@H]1C=CCN1C(=O)OCC1c2ccccc2-c2ccccc21. The van der Waals surface area contributed by atoms with Crippen LogP contribution < -0.4 is 0 Å². The lowest BCUT2D eigenvalue weighted by Gasteiger charge is -2.40. The number of aliphatic hydroxyl groups excluding tert-OH is 1. The van der Waals surface area contributed by atoms with Crippen molar-refractivity contribution < 1.29 is 28.5 Å². The fraction of sp³-hybridized carbons (Fsp3) is 0.372. The lowest BCUT2D eigenvalue weighted by molar-refractivity contribution is -0.152. The number of benzene rings is 4. The minimum Gasteiger partial charge on any atom is -0.448 e. The lowest BCUT2D eigenvalue weighted by atomic mass is 9.98. The van der Waals surface area contributed by atoms with Crippen LogP contribution in [0.25, 0.3) is 11.1 Å². The number of hydrogen-bond acceptors (Lipinski definition) is 6. The third kappa shape index (κ3) is 8.54. The highest BCUT2D eigenvalue weighted by Gasteiger charge is 2.44. The third-order valence-electron chi connectivity index (χ3n) is 10.6. The Balaban J connectivity index is 1.25. The Morgan fingerprint density at radius 2 is 1.33 bits per heavy atom. The summed E-state index contributed by atoms with van der Waals surface area (Å²) in [6, 6.07) is 35.9. The molecule has 1 aliphatic heterocycles. The maximum atomic E-state index is 14.0. The number of hydrogen-bond donors (Lipinski definition) is 1. The van der Waals surface area contributed by atoms with Crippen molar-refractivity contribution in [2.24, 2.45) is 0 Å². The van der Waals surface area contributed by atoms with E-state index in [9.17, 15) is 9.90 Å². The first kappa shape index (κ1) is 36.7. The van der Waals surface area contributed by atoms with Gasteiger partial charge in [0.1, 0.15) is 24.9 Å². The van der Waals surface area contributed by atoms with Gasteiger partial charge < -0.3 is 23.7 Å². The van der Waals surface area contributed by atoms with Crippen LogP contribution >= 0.6 is 0 Å². The average molecular weight is 706 g/mol. The Hall–Kier alpha value is -4.05. The normalized spacial score (nSPS) is 17.5. The number of ether oxygens (including phenoxy) is 3. The average Bonchev–Trinajstić information content (AvgIpc) is 3.75. The summed E-state index contributed by atoms with van der Waals surface area (Å²) in [5.41, 5.74) is 6.62. The Morgan fingerprint density at radius 3 is 1.90 bits per heavy atom. The molecule has 6 rings (SSSR count). The predicted molar refractivity (Wildman–Crippen MR) is 204 cm³/mol. The van der Waals surface area contributed by atoms with E-state index in [-0.39, 0.29) is 37.4 Å². The van der Waals surface area contributed by atoms with Crippen LogP contribution in [0.3, 0.4) is 0 Å². The third-order valence-corrected chi connectivity index (χ3v) is 15.1. The molecule has 0 saturated carbocycles. The molecule has 1 amide bonds. The van der Waals surface area contributed by atoms with Crippen molar-refractivity contribution in [3.05, 3.63) is 144 Å². The first-order valence-electron chi connectivity index (χ1n) is 17.9. The smallest absolute Gasteiger partial charge is 0.410 e. The van der Waals surface area contributed by atoms with Gasteiger partial charge in [0.25, 0.3) is 0 Å². The molecule has 7 nitrogen and oxygen atoms in total. The molecule has 0 bridgehead atoms. The van der Waals surface area contributed by atoms with Crippen molar-refractivity contribution in [2.75, 3.05) is 19.8 Å². The number of fused-ring (bicyclic) bond motifs is 3. The van der Waals surface area contributed by atoms with E-state index in [0.29, 0.717) is 6.54 Å². The summed E-state index contributed by atoms with van der Waals surface area (Å²) in [5, 5.41) is 11.9. The molecular weight excluding hydrogens is 655 g/mol. The summed E-state index contributed by atoms with van der Waals surface area (Å²) in [7, 11) is -2.20. The molecule has 4 atom stereocenters. The van der Waals surface area contributed by atoms with Gasteiger partial charge in [0.15, 0.2) is 8.32 Å². The molecule has 0 aromatic heterocycles. The molecule has 4 aromatic rings. The highest BCUT2D eigenvalue weighted by Crippen LogP contribution is 2.44. The maximum absolute atomic E-state index is 14.0. The van der Waals surface area contributed by atoms with E-state index < -0.39 is 38.8 Å². The molecule has 0 saturated heterocycles. The highest BCUT2D eigenvalue weighted by atomic mass is 28.4. The van der Waals surface area contributed by atoms with Crippen molar-refractivity contribution in [3.63, 3.8) is 0 Å². The van der Waals surface area contributed by atoms with E-state index in [2.05, 4.69) is 58.1 Å². The summed E-state index contributed by atoms with van der Waals surface area (Å²) in [5.74, 6) is -0.0586. The van der Waals surface area contributed by atoms with Gasteiger partial charge in [-0.15, -0.1) is 0 Å². The second-order valence-corrected chi connectivity index (χ2v) is 19.8. The highest BCUT2D eigenvalue weighted by molar-refractivity contribution is 6.74. The number of carbonyl (C=O) groups excluding carboxylic acids is 1. The molecule has 0 radical (unpaired) electrons. The molecule has 1 N–H and O–H groups in total.